The van der Waals surface area contributed by atoms with E-state index >= 15 is 0 Å². The maximum Gasteiger partial charge on any atom is 0.332 e. The lowest BCUT2D eigenvalue weighted by Crippen LogP contribution is -2.30. The van der Waals surface area contributed by atoms with Gasteiger partial charge in [-0.25, -0.2) is 9.79 Å². The molecule has 112 valence electrons. The van der Waals surface area contributed by atoms with E-state index in [0.29, 0.717) is 13.2 Å². The molecule has 0 N–H and O–H groups in total. The molecule has 21 heavy (non-hydrogen) atoms. The molecule has 0 radical (unpaired) electrons. The van der Waals surface area contributed by atoms with Crippen LogP contribution in [0, 0.1) is 0 Å². The van der Waals surface area contributed by atoms with Gasteiger partial charge in [0.1, 0.15) is 0 Å². The highest BCUT2D eigenvalue weighted by atomic mass is 32.2. The number of ether oxygens (including phenoxy) is 1. The summed E-state index contributed by atoms with van der Waals surface area (Å²) in [4.78, 5) is 19.7. The number of aliphatic imine (C=N–C) groups is 1. The van der Waals surface area contributed by atoms with Crippen molar-refractivity contribution in [3.8, 4) is 0 Å². The SMILES string of the molecule is CCOC(=O)C1CN2C(=N1)Sc1cc(C(C)(C)C)ccc12. The topological polar surface area (TPSA) is 41.9 Å². The highest BCUT2D eigenvalue weighted by Crippen LogP contribution is 2.44. The molecule has 0 aliphatic carbocycles. The first-order valence-corrected chi connectivity index (χ1v) is 8.06. The minimum absolute atomic E-state index is 0.137. The lowest BCUT2D eigenvalue weighted by molar-refractivity contribution is -0.144. The molecule has 1 aromatic carbocycles. The molecule has 0 saturated heterocycles. The first-order valence-electron chi connectivity index (χ1n) is 7.24. The number of thioether (sulfide) groups is 1. The number of fused-ring (bicyclic) bond motifs is 3. The van der Waals surface area contributed by atoms with Crippen LogP contribution in [0.15, 0.2) is 28.1 Å². The van der Waals surface area contributed by atoms with Crippen LogP contribution in [0.5, 0.6) is 0 Å². The molecule has 0 bridgehead atoms. The van der Waals surface area contributed by atoms with Crippen molar-refractivity contribution < 1.29 is 9.53 Å². The van der Waals surface area contributed by atoms with E-state index in [2.05, 4.69) is 48.9 Å². The fourth-order valence-corrected chi connectivity index (χ4v) is 3.66. The molecule has 0 amide bonds. The molecular formula is C16H20N2O2S. The Bertz CT molecular complexity index is 619. The van der Waals surface area contributed by atoms with Crippen molar-refractivity contribution in [2.45, 2.75) is 44.0 Å². The van der Waals surface area contributed by atoms with Gasteiger partial charge in [0.15, 0.2) is 11.2 Å². The Morgan fingerprint density at radius 2 is 2.24 bits per heavy atom. The second-order valence-corrected chi connectivity index (χ2v) is 7.33. The van der Waals surface area contributed by atoms with Gasteiger partial charge >= 0.3 is 5.97 Å². The third-order valence-electron chi connectivity index (χ3n) is 3.73. The highest BCUT2D eigenvalue weighted by molar-refractivity contribution is 8.14. The number of nitrogens with zero attached hydrogens (tertiary/aromatic N) is 2. The Balaban J connectivity index is 1.84. The summed E-state index contributed by atoms with van der Waals surface area (Å²) in [5.74, 6) is -0.229. The summed E-state index contributed by atoms with van der Waals surface area (Å²) >= 11 is 1.64. The number of carbonyl (C=O) groups is 1. The minimum atomic E-state index is -0.386. The molecule has 2 aliphatic rings. The molecule has 5 heteroatoms. The first kappa shape index (κ1) is 14.4. The molecule has 1 unspecified atom stereocenters. The van der Waals surface area contributed by atoms with Crippen LogP contribution in [0.3, 0.4) is 0 Å². The average molecular weight is 304 g/mol. The molecule has 2 aliphatic heterocycles. The van der Waals surface area contributed by atoms with E-state index in [0.717, 1.165) is 10.9 Å². The Hall–Kier alpha value is -1.49. The van der Waals surface area contributed by atoms with Crippen LogP contribution in [0.4, 0.5) is 5.69 Å². The van der Waals surface area contributed by atoms with Gasteiger partial charge in [-0.15, -0.1) is 0 Å². The van der Waals surface area contributed by atoms with E-state index in [-0.39, 0.29) is 17.4 Å². The van der Waals surface area contributed by atoms with E-state index < -0.39 is 0 Å². The van der Waals surface area contributed by atoms with E-state index in [1.165, 1.54) is 10.5 Å². The van der Waals surface area contributed by atoms with Crippen molar-refractivity contribution in [1.82, 2.24) is 0 Å². The van der Waals surface area contributed by atoms with Crippen molar-refractivity contribution >= 4 is 28.6 Å². The van der Waals surface area contributed by atoms with Crippen molar-refractivity contribution in [3.05, 3.63) is 23.8 Å². The Morgan fingerprint density at radius 3 is 2.90 bits per heavy atom. The Morgan fingerprint density at radius 1 is 1.48 bits per heavy atom. The highest BCUT2D eigenvalue weighted by Gasteiger charge is 2.38. The lowest BCUT2D eigenvalue weighted by atomic mass is 9.87. The zero-order valence-corrected chi connectivity index (χ0v) is 13.7. The van der Waals surface area contributed by atoms with Crippen molar-refractivity contribution in [2.24, 2.45) is 4.99 Å². The van der Waals surface area contributed by atoms with Crippen LogP contribution in [-0.2, 0) is 14.9 Å². The molecule has 0 spiro atoms. The van der Waals surface area contributed by atoms with Crippen molar-refractivity contribution in [1.29, 1.82) is 0 Å². The van der Waals surface area contributed by atoms with Gasteiger partial charge in [0.05, 0.1) is 18.8 Å². The number of anilines is 1. The van der Waals surface area contributed by atoms with Gasteiger partial charge in [-0.1, -0.05) is 26.8 Å². The van der Waals surface area contributed by atoms with Crippen molar-refractivity contribution in [2.75, 3.05) is 18.1 Å². The van der Waals surface area contributed by atoms with E-state index in [1.807, 2.05) is 6.92 Å². The quantitative estimate of drug-likeness (QED) is 0.787. The summed E-state index contributed by atoms with van der Waals surface area (Å²) in [5.41, 5.74) is 2.61. The molecule has 0 aromatic heterocycles. The number of benzene rings is 1. The standard InChI is InChI=1S/C16H20N2O2S/c1-5-20-14(19)11-9-18-12-7-6-10(16(2,3)4)8-13(12)21-15(18)17-11/h6-8,11H,5,9H2,1-4H3. The van der Waals surface area contributed by atoms with E-state index in [9.17, 15) is 4.79 Å². The maximum atomic E-state index is 11.8. The Labute approximate surface area is 129 Å². The summed E-state index contributed by atoms with van der Waals surface area (Å²) in [6.07, 6.45) is 0. The third kappa shape index (κ3) is 2.55. The monoisotopic (exact) mass is 304 g/mol. The molecule has 0 fully saturated rings. The van der Waals surface area contributed by atoms with E-state index in [1.54, 1.807) is 11.8 Å². The van der Waals surface area contributed by atoms with Crippen LogP contribution in [0.1, 0.15) is 33.3 Å². The molecule has 0 saturated carbocycles. The summed E-state index contributed by atoms with van der Waals surface area (Å²) in [6, 6.07) is 6.15. The van der Waals surface area contributed by atoms with Crippen LogP contribution in [-0.4, -0.2) is 30.3 Å². The van der Waals surface area contributed by atoms with Crippen LogP contribution < -0.4 is 4.90 Å². The predicted octanol–water partition coefficient (Wildman–Crippen LogP) is 3.20. The second kappa shape index (κ2) is 5.05. The summed E-state index contributed by atoms with van der Waals surface area (Å²) in [6.45, 7) is 9.44. The lowest BCUT2D eigenvalue weighted by Gasteiger charge is -2.20. The number of amidine groups is 1. The number of esters is 1. The molecule has 3 rings (SSSR count). The largest absolute Gasteiger partial charge is 0.464 e. The molecule has 1 atom stereocenters. The van der Waals surface area contributed by atoms with Crippen LogP contribution >= 0.6 is 11.8 Å². The number of carbonyl (C=O) groups excluding carboxylic acids is 1. The molecule has 4 nitrogen and oxygen atoms in total. The number of hydrogen-bond donors (Lipinski definition) is 0. The summed E-state index contributed by atoms with van der Waals surface area (Å²) in [5, 5.41) is 0.911. The Kier molecular flexibility index (Phi) is 3.48. The average Bonchev–Trinajstić information content (AvgIpc) is 2.94. The first-order chi connectivity index (χ1) is 9.90. The maximum absolute atomic E-state index is 11.8. The predicted molar refractivity (Wildman–Crippen MR) is 86.2 cm³/mol. The van der Waals surface area contributed by atoms with Gasteiger partial charge in [0, 0.05) is 4.90 Å². The smallest absolute Gasteiger partial charge is 0.332 e. The zero-order valence-electron chi connectivity index (χ0n) is 12.8. The fourth-order valence-electron chi connectivity index (χ4n) is 2.53. The van der Waals surface area contributed by atoms with Gasteiger partial charge in [-0.3, -0.25) is 0 Å². The second-order valence-electron chi connectivity index (χ2n) is 6.32. The van der Waals surface area contributed by atoms with Crippen LogP contribution in [0.25, 0.3) is 0 Å². The van der Waals surface area contributed by atoms with E-state index in [4.69, 9.17) is 4.74 Å². The number of hydrogen-bond acceptors (Lipinski definition) is 5. The van der Waals surface area contributed by atoms with Gasteiger partial charge in [0.2, 0.25) is 0 Å². The molecular weight excluding hydrogens is 284 g/mol. The minimum Gasteiger partial charge on any atom is -0.464 e. The van der Waals surface area contributed by atoms with Crippen LogP contribution in [0.2, 0.25) is 0 Å². The number of rotatable bonds is 2. The molecule has 1 aromatic rings. The third-order valence-corrected chi connectivity index (χ3v) is 4.78. The summed E-state index contributed by atoms with van der Waals surface area (Å²) in [7, 11) is 0. The molecule has 2 heterocycles. The van der Waals surface area contributed by atoms with Gasteiger partial charge in [0.25, 0.3) is 0 Å². The van der Waals surface area contributed by atoms with Gasteiger partial charge in [-0.05, 0) is 41.8 Å². The zero-order chi connectivity index (χ0) is 15.2. The van der Waals surface area contributed by atoms with Crippen molar-refractivity contribution in [3.63, 3.8) is 0 Å². The fraction of sp³-hybridized carbons (Fsp3) is 0.500. The van der Waals surface area contributed by atoms with Gasteiger partial charge in [-0.2, -0.15) is 0 Å². The summed E-state index contributed by atoms with van der Waals surface area (Å²) < 4.78 is 5.06. The van der Waals surface area contributed by atoms with Gasteiger partial charge < -0.3 is 9.64 Å². The normalized spacial score (nSPS) is 20.1.